The van der Waals surface area contributed by atoms with Crippen molar-refractivity contribution in [2.75, 3.05) is 0 Å². The second-order valence-corrected chi connectivity index (χ2v) is 6.63. The van der Waals surface area contributed by atoms with Crippen LogP contribution in [0.5, 0.6) is 0 Å². The lowest BCUT2D eigenvalue weighted by molar-refractivity contribution is -0.0514. The first-order chi connectivity index (χ1) is 8.68. The molecule has 4 fully saturated rings. The van der Waals surface area contributed by atoms with Crippen LogP contribution in [-0.4, -0.2) is 14.8 Å². The number of aromatic amines is 1. The molecule has 0 spiro atoms. The second-order valence-electron chi connectivity index (χ2n) is 6.63. The zero-order valence-corrected chi connectivity index (χ0v) is 10.6. The van der Waals surface area contributed by atoms with Crippen LogP contribution >= 0.6 is 0 Å². The second kappa shape index (κ2) is 3.47. The molecule has 5 nitrogen and oxygen atoms in total. The fraction of sp³-hybridized carbons (Fsp3) is 0.846. The van der Waals surface area contributed by atoms with E-state index in [-0.39, 0.29) is 11.2 Å². The van der Waals surface area contributed by atoms with E-state index in [1.165, 1.54) is 19.3 Å². The van der Waals surface area contributed by atoms with Gasteiger partial charge >= 0.3 is 5.69 Å². The first-order valence-corrected chi connectivity index (χ1v) is 7.07. The maximum Gasteiger partial charge on any atom is 0.343 e. The molecule has 4 aliphatic rings. The normalized spacial score (nSPS) is 41.5. The molecule has 4 bridgehead atoms. The van der Waals surface area contributed by atoms with Gasteiger partial charge in [-0.1, -0.05) is 0 Å². The fourth-order valence-electron chi connectivity index (χ4n) is 5.11. The molecule has 4 saturated carbocycles. The number of nitrogens with two attached hydrogens (primary N) is 1. The first-order valence-electron chi connectivity index (χ1n) is 7.07. The Morgan fingerprint density at radius 1 is 1.22 bits per heavy atom. The van der Waals surface area contributed by atoms with E-state index in [0.717, 1.165) is 37.0 Å². The van der Waals surface area contributed by atoms with E-state index in [9.17, 15) is 4.79 Å². The third-order valence-electron chi connectivity index (χ3n) is 5.31. The summed E-state index contributed by atoms with van der Waals surface area (Å²) in [7, 11) is 0. The molecule has 0 atom stereocenters. The summed E-state index contributed by atoms with van der Waals surface area (Å²) in [6, 6.07) is 0. The lowest BCUT2D eigenvalue weighted by atomic mass is 9.53. The average molecular weight is 248 g/mol. The maximum absolute atomic E-state index is 12.1. The SMILES string of the molecule is NCc1nn(C23CC4CC(CC(C4)C2)C3)c(=O)[nH]1. The Hall–Kier alpha value is -1.10. The monoisotopic (exact) mass is 248 g/mol. The van der Waals surface area contributed by atoms with Crippen molar-refractivity contribution < 1.29 is 0 Å². The average Bonchev–Trinajstić information content (AvgIpc) is 2.69. The fourth-order valence-corrected chi connectivity index (χ4v) is 5.11. The smallest absolute Gasteiger partial charge is 0.324 e. The predicted molar refractivity (Wildman–Crippen MR) is 66.9 cm³/mol. The minimum Gasteiger partial charge on any atom is -0.324 e. The number of hydrogen-bond donors (Lipinski definition) is 2. The molecule has 4 aliphatic carbocycles. The van der Waals surface area contributed by atoms with Gasteiger partial charge in [0.25, 0.3) is 0 Å². The van der Waals surface area contributed by atoms with Crippen LogP contribution in [0.1, 0.15) is 44.3 Å². The summed E-state index contributed by atoms with van der Waals surface area (Å²) in [6.45, 7) is 0.314. The van der Waals surface area contributed by atoms with Crippen LogP contribution in [0.2, 0.25) is 0 Å². The van der Waals surface area contributed by atoms with Gasteiger partial charge in [0.05, 0.1) is 12.1 Å². The molecular formula is C13H20N4O. The van der Waals surface area contributed by atoms with Gasteiger partial charge in [0.15, 0.2) is 0 Å². The highest BCUT2D eigenvalue weighted by molar-refractivity contribution is 5.05. The molecule has 0 aliphatic heterocycles. The van der Waals surface area contributed by atoms with Crippen molar-refractivity contribution in [1.29, 1.82) is 0 Å². The number of nitrogens with one attached hydrogen (secondary N) is 1. The van der Waals surface area contributed by atoms with Crippen LogP contribution in [0.3, 0.4) is 0 Å². The molecule has 5 rings (SSSR count). The Morgan fingerprint density at radius 2 is 1.78 bits per heavy atom. The van der Waals surface area contributed by atoms with Crippen LogP contribution in [0.25, 0.3) is 0 Å². The van der Waals surface area contributed by atoms with E-state index in [4.69, 9.17) is 5.73 Å². The standard InChI is InChI=1S/C13H20N4O/c14-7-11-15-12(18)17(16-11)13-4-8-1-9(5-13)3-10(2-8)6-13/h8-10H,1-7,14H2,(H,15,16,18). The number of nitrogens with zero attached hydrogens (tertiary/aromatic N) is 2. The van der Waals surface area contributed by atoms with Gasteiger partial charge in [-0.05, 0) is 56.3 Å². The summed E-state index contributed by atoms with van der Waals surface area (Å²) in [4.78, 5) is 14.9. The van der Waals surface area contributed by atoms with Crippen molar-refractivity contribution in [2.24, 2.45) is 23.5 Å². The third-order valence-corrected chi connectivity index (χ3v) is 5.31. The van der Waals surface area contributed by atoms with E-state index < -0.39 is 0 Å². The van der Waals surface area contributed by atoms with Crippen molar-refractivity contribution in [3.05, 3.63) is 16.3 Å². The molecule has 1 aromatic heterocycles. The summed E-state index contributed by atoms with van der Waals surface area (Å²) in [5.74, 6) is 3.08. The summed E-state index contributed by atoms with van der Waals surface area (Å²) >= 11 is 0. The summed E-state index contributed by atoms with van der Waals surface area (Å²) in [5, 5.41) is 4.44. The van der Waals surface area contributed by atoms with Crippen LogP contribution < -0.4 is 11.4 Å². The van der Waals surface area contributed by atoms with Crippen LogP contribution in [0.4, 0.5) is 0 Å². The van der Waals surface area contributed by atoms with Gasteiger partial charge in [0.1, 0.15) is 5.82 Å². The minimum atomic E-state index is -0.0580. The highest BCUT2D eigenvalue weighted by Crippen LogP contribution is 2.58. The molecule has 5 heteroatoms. The number of aromatic nitrogens is 3. The lowest BCUT2D eigenvalue weighted by Crippen LogP contribution is -2.54. The molecule has 0 unspecified atom stereocenters. The van der Waals surface area contributed by atoms with Gasteiger partial charge in [-0.15, -0.1) is 0 Å². The van der Waals surface area contributed by atoms with E-state index in [1.807, 2.05) is 0 Å². The highest BCUT2D eigenvalue weighted by atomic mass is 16.2. The Morgan fingerprint density at radius 3 is 2.22 bits per heavy atom. The highest BCUT2D eigenvalue weighted by Gasteiger charge is 2.53. The zero-order valence-electron chi connectivity index (χ0n) is 10.6. The van der Waals surface area contributed by atoms with Crippen LogP contribution in [0.15, 0.2) is 4.79 Å². The number of rotatable bonds is 2. The molecular weight excluding hydrogens is 228 g/mol. The van der Waals surface area contributed by atoms with Crippen LogP contribution in [0, 0.1) is 17.8 Å². The van der Waals surface area contributed by atoms with Gasteiger partial charge in [0, 0.05) is 0 Å². The Kier molecular flexibility index (Phi) is 2.08. The van der Waals surface area contributed by atoms with Gasteiger partial charge < -0.3 is 5.73 Å². The van der Waals surface area contributed by atoms with E-state index in [0.29, 0.717) is 12.4 Å². The van der Waals surface area contributed by atoms with Crippen molar-refractivity contribution in [3.63, 3.8) is 0 Å². The lowest BCUT2D eigenvalue weighted by Gasteiger charge is -2.56. The molecule has 98 valence electrons. The molecule has 3 N–H and O–H groups in total. The van der Waals surface area contributed by atoms with E-state index in [2.05, 4.69) is 10.1 Å². The predicted octanol–water partition coefficient (Wildman–Crippen LogP) is 0.955. The topological polar surface area (TPSA) is 76.7 Å². The van der Waals surface area contributed by atoms with Gasteiger partial charge in [-0.2, -0.15) is 5.10 Å². The summed E-state index contributed by atoms with van der Waals surface area (Å²) < 4.78 is 1.75. The summed E-state index contributed by atoms with van der Waals surface area (Å²) in [6.07, 6.45) is 7.57. The number of hydrogen-bond acceptors (Lipinski definition) is 3. The largest absolute Gasteiger partial charge is 0.343 e. The molecule has 0 saturated heterocycles. The third kappa shape index (κ3) is 1.37. The Balaban J connectivity index is 1.79. The molecule has 0 amide bonds. The van der Waals surface area contributed by atoms with Gasteiger partial charge in [-0.3, -0.25) is 4.98 Å². The quantitative estimate of drug-likeness (QED) is 0.818. The molecule has 18 heavy (non-hydrogen) atoms. The Bertz CT molecular complexity index is 494. The van der Waals surface area contributed by atoms with Crippen LogP contribution in [-0.2, 0) is 12.1 Å². The van der Waals surface area contributed by atoms with Crippen molar-refractivity contribution in [1.82, 2.24) is 14.8 Å². The maximum atomic E-state index is 12.1. The van der Waals surface area contributed by atoms with Gasteiger partial charge in [0.2, 0.25) is 0 Å². The molecule has 1 aromatic rings. The first kappa shape index (κ1) is 10.8. The van der Waals surface area contributed by atoms with E-state index in [1.54, 1.807) is 4.68 Å². The summed E-state index contributed by atoms with van der Waals surface area (Å²) in [5.41, 5.74) is 5.53. The van der Waals surface area contributed by atoms with Crippen molar-refractivity contribution in [3.8, 4) is 0 Å². The van der Waals surface area contributed by atoms with Crippen molar-refractivity contribution in [2.45, 2.75) is 50.6 Å². The number of H-pyrrole nitrogens is 1. The molecule has 0 radical (unpaired) electrons. The van der Waals surface area contributed by atoms with Crippen molar-refractivity contribution >= 4 is 0 Å². The zero-order chi connectivity index (χ0) is 12.3. The minimum absolute atomic E-state index is 0.00968. The Labute approximate surface area is 106 Å². The molecule has 0 aromatic carbocycles. The molecule has 1 heterocycles. The van der Waals surface area contributed by atoms with Gasteiger partial charge in [-0.25, -0.2) is 9.48 Å². The van der Waals surface area contributed by atoms with E-state index >= 15 is 0 Å².